The number of pyridine rings is 1. The van der Waals surface area contributed by atoms with E-state index in [9.17, 15) is 0 Å². The van der Waals surface area contributed by atoms with Crippen molar-refractivity contribution in [2.24, 2.45) is 0 Å². The Kier molecular flexibility index (Phi) is 3.55. The number of aromatic nitrogens is 3. The summed E-state index contributed by atoms with van der Waals surface area (Å²) in [6.07, 6.45) is 3.16. The van der Waals surface area contributed by atoms with Crippen molar-refractivity contribution < 1.29 is 14.0 Å². The van der Waals surface area contributed by atoms with Crippen LogP contribution in [-0.2, 0) is 15.1 Å². The molecule has 6 nitrogen and oxygen atoms in total. The fourth-order valence-corrected chi connectivity index (χ4v) is 3.01. The highest BCUT2D eigenvalue weighted by atomic mass is 16.5. The van der Waals surface area contributed by atoms with Gasteiger partial charge in [-0.1, -0.05) is 29.4 Å². The third-order valence-electron chi connectivity index (χ3n) is 4.39. The van der Waals surface area contributed by atoms with Gasteiger partial charge >= 0.3 is 0 Å². The molecule has 3 heterocycles. The molecule has 118 valence electrons. The molecule has 0 unspecified atom stereocenters. The van der Waals surface area contributed by atoms with Gasteiger partial charge in [0.15, 0.2) is 5.60 Å². The Labute approximate surface area is 133 Å². The van der Waals surface area contributed by atoms with Gasteiger partial charge in [0, 0.05) is 44.7 Å². The van der Waals surface area contributed by atoms with Gasteiger partial charge in [-0.15, -0.1) is 0 Å². The van der Waals surface area contributed by atoms with Gasteiger partial charge in [-0.25, -0.2) is 0 Å². The zero-order valence-electron chi connectivity index (χ0n) is 12.9. The number of hydrogen-bond donors (Lipinski definition) is 0. The Bertz CT molecular complexity index is 819. The SMILES string of the molecule is COC1(c2nc(-c3nccc4ccccc34)no2)CCOCC1. The van der Waals surface area contributed by atoms with E-state index < -0.39 is 5.60 Å². The molecule has 0 N–H and O–H groups in total. The highest BCUT2D eigenvalue weighted by molar-refractivity contribution is 5.92. The maximum absolute atomic E-state index is 5.70. The van der Waals surface area contributed by atoms with E-state index in [-0.39, 0.29) is 0 Å². The number of hydrogen-bond acceptors (Lipinski definition) is 6. The quantitative estimate of drug-likeness (QED) is 0.740. The largest absolute Gasteiger partial charge is 0.381 e. The average Bonchev–Trinajstić information content (AvgIpc) is 3.12. The third kappa shape index (κ3) is 2.40. The summed E-state index contributed by atoms with van der Waals surface area (Å²) in [5, 5.41) is 6.23. The third-order valence-corrected chi connectivity index (χ3v) is 4.39. The van der Waals surface area contributed by atoms with Crippen LogP contribution in [0.5, 0.6) is 0 Å². The van der Waals surface area contributed by atoms with Crippen LogP contribution in [0.4, 0.5) is 0 Å². The monoisotopic (exact) mass is 311 g/mol. The standard InChI is InChI=1S/C17H17N3O3/c1-21-17(7-10-22-11-8-17)16-19-15(20-23-16)14-13-5-3-2-4-12(13)6-9-18-14/h2-6,9H,7-8,10-11H2,1H3. The second kappa shape index (κ2) is 5.72. The first kappa shape index (κ1) is 14.3. The molecule has 23 heavy (non-hydrogen) atoms. The van der Waals surface area contributed by atoms with E-state index in [1.807, 2.05) is 30.3 Å². The predicted molar refractivity (Wildman–Crippen MR) is 83.8 cm³/mol. The van der Waals surface area contributed by atoms with E-state index in [1.54, 1.807) is 13.3 Å². The second-order valence-corrected chi connectivity index (χ2v) is 5.61. The average molecular weight is 311 g/mol. The van der Waals surface area contributed by atoms with E-state index in [2.05, 4.69) is 15.1 Å². The molecule has 3 aromatic rings. The molecule has 1 saturated heterocycles. The first-order chi connectivity index (χ1) is 11.3. The summed E-state index contributed by atoms with van der Waals surface area (Å²) in [4.78, 5) is 9.01. The van der Waals surface area contributed by atoms with Crippen LogP contribution in [0.15, 0.2) is 41.1 Å². The maximum atomic E-state index is 5.70. The number of benzene rings is 1. The summed E-state index contributed by atoms with van der Waals surface area (Å²) in [7, 11) is 1.67. The van der Waals surface area contributed by atoms with Gasteiger partial charge in [-0.2, -0.15) is 4.98 Å². The first-order valence-corrected chi connectivity index (χ1v) is 7.64. The van der Waals surface area contributed by atoms with Crippen molar-refractivity contribution in [2.75, 3.05) is 20.3 Å². The van der Waals surface area contributed by atoms with Crippen molar-refractivity contribution in [3.8, 4) is 11.5 Å². The molecular formula is C17H17N3O3. The van der Waals surface area contributed by atoms with Crippen molar-refractivity contribution >= 4 is 10.8 Å². The Morgan fingerprint density at radius 1 is 1.13 bits per heavy atom. The van der Waals surface area contributed by atoms with Crippen LogP contribution >= 0.6 is 0 Å². The Hall–Kier alpha value is -2.31. The lowest BCUT2D eigenvalue weighted by atomic mass is 9.94. The van der Waals surface area contributed by atoms with Crippen molar-refractivity contribution in [3.63, 3.8) is 0 Å². The lowest BCUT2D eigenvalue weighted by molar-refractivity contribution is -0.111. The topological polar surface area (TPSA) is 70.3 Å². The number of ether oxygens (including phenoxy) is 2. The van der Waals surface area contributed by atoms with E-state index in [1.165, 1.54) is 0 Å². The molecule has 0 atom stereocenters. The fourth-order valence-electron chi connectivity index (χ4n) is 3.01. The van der Waals surface area contributed by atoms with Gasteiger partial charge in [0.2, 0.25) is 5.82 Å². The van der Waals surface area contributed by atoms with Crippen molar-refractivity contribution in [2.45, 2.75) is 18.4 Å². The minimum atomic E-state index is -0.561. The summed E-state index contributed by atoms with van der Waals surface area (Å²) in [6.45, 7) is 1.25. The van der Waals surface area contributed by atoms with E-state index in [0.717, 1.165) is 16.5 Å². The van der Waals surface area contributed by atoms with Gasteiger partial charge in [0.1, 0.15) is 5.69 Å². The lowest BCUT2D eigenvalue weighted by Crippen LogP contribution is -2.35. The van der Waals surface area contributed by atoms with Crippen LogP contribution in [0.1, 0.15) is 18.7 Å². The van der Waals surface area contributed by atoms with Gasteiger partial charge in [-0.05, 0) is 11.5 Å². The number of methoxy groups -OCH3 is 1. The van der Waals surface area contributed by atoms with Crippen molar-refractivity contribution in [3.05, 3.63) is 42.4 Å². The molecule has 1 aromatic carbocycles. The maximum Gasteiger partial charge on any atom is 0.259 e. The molecule has 1 fully saturated rings. The van der Waals surface area contributed by atoms with Crippen LogP contribution < -0.4 is 0 Å². The minimum absolute atomic E-state index is 0.486. The van der Waals surface area contributed by atoms with Crippen molar-refractivity contribution in [1.29, 1.82) is 0 Å². The second-order valence-electron chi connectivity index (χ2n) is 5.61. The summed E-state index contributed by atoms with van der Waals surface area (Å²) in [5.41, 5.74) is 0.157. The molecule has 4 rings (SSSR count). The zero-order chi connectivity index (χ0) is 15.7. The van der Waals surface area contributed by atoms with E-state index in [0.29, 0.717) is 37.8 Å². The molecule has 1 aliphatic rings. The van der Waals surface area contributed by atoms with Crippen molar-refractivity contribution in [1.82, 2.24) is 15.1 Å². The van der Waals surface area contributed by atoms with Crippen LogP contribution in [-0.4, -0.2) is 35.4 Å². The molecule has 0 radical (unpaired) electrons. The smallest absolute Gasteiger partial charge is 0.259 e. The van der Waals surface area contributed by atoms with E-state index >= 15 is 0 Å². The molecule has 1 aliphatic heterocycles. The lowest BCUT2D eigenvalue weighted by Gasteiger charge is -2.32. The normalized spacial score (nSPS) is 17.4. The van der Waals surface area contributed by atoms with Gasteiger partial charge in [-0.3, -0.25) is 4.98 Å². The molecule has 0 aliphatic carbocycles. The van der Waals surface area contributed by atoms with Crippen LogP contribution in [0.2, 0.25) is 0 Å². The summed E-state index contributed by atoms with van der Waals surface area (Å²) in [5.74, 6) is 0.979. The first-order valence-electron chi connectivity index (χ1n) is 7.64. The number of fused-ring (bicyclic) bond motifs is 1. The van der Waals surface area contributed by atoms with Crippen LogP contribution in [0.3, 0.4) is 0 Å². The highest BCUT2D eigenvalue weighted by Crippen LogP contribution is 2.35. The molecule has 0 saturated carbocycles. The van der Waals surface area contributed by atoms with Crippen LogP contribution in [0.25, 0.3) is 22.3 Å². The molecular weight excluding hydrogens is 294 g/mol. The predicted octanol–water partition coefficient (Wildman–Crippen LogP) is 2.94. The molecule has 0 bridgehead atoms. The molecule has 2 aromatic heterocycles. The van der Waals surface area contributed by atoms with E-state index in [4.69, 9.17) is 14.0 Å². The molecule has 6 heteroatoms. The number of rotatable bonds is 3. The Morgan fingerprint density at radius 2 is 1.96 bits per heavy atom. The van der Waals surface area contributed by atoms with Gasteiger partial charge < -0.3 is 14.0 Å². The summed E-state index contributed by atoms with van der Waals surface area (Å²) in [6, 6.07) is 9.99. The fraction of sp³-hybridized carbons (Fsp3) is 0.353. The minimum Gasteiger partial charge on any atom is -0.381 e. The number of nitrogens with zero attached hydrogens (tertiary/aromatic N) is 3. The highest BCUT2D eigenvalue weighted by Gasteiger charge is 2.40. The van der Waals surface area contributed by atoms with Gasteiger partial charge in [0.05, 0.1) is 0 Å². The Morgan fingerprint density at radius 3 is 2.78 bits per heavy atom. The summed E-state index contributed by atoms with van der Waals surface area (Å²) >= 11 is 0. The molecule has 0 amide bonds. The summed E-state index contributed by atoms with van der Waals surface area (Å²) < 4.78 is 16.6. The zero-order valence-corrected chi connectivity index (χ0v) is 12.9. The van der Waals surface area contributed by atoms with Gasteiger partial charge in [0.25, 0.3) is 5.89 Å². The van der Waals surface area contributed by atoms with Crippen LogP contribution in [0, 0.1) is 0 Å². The molecule has 0 spiro atoms. The Balaban J connectivity index is 1.78.